The molecule has 28 heavy (non-hydrogen) atoms. The predicted octanol–water partition coefficient (Wildman–Crippen LogP) is 4.07. The average Bonchev–Trinajstić information content (AvgIpc) is 2.73. The molecule has 1 aromatic heterocycles. The van der Waals surface area contributed by atoms with E-state index in [1.807, 2.05) is 49.4 Å². The maximum absolute atomic E-state index is 5.19. The summed E-state index contributed by atoms with van der Waals surface area (Å²) < 4.78 is 10.4. The van der Waals surface area contributed by atoms with Gasteiger partial charge in [-0.2, -0.15) is 4.98 Å². The fourth-order valence-corrected chi connectivity index (χ4v) is 2.79. The monoisotopic (exact) mass is 378 g/mol. The molecule has 146 valence electrons. The Morgan fingerprint density at radius 3 is 2.00 bits per heavy atom. The van der Waals surface area contributed by atoms with E-state index < -0.39 is 0 Å². The molecule has 0 unspecified atom stereocenters. The second-order valence-electron chi connectivity index (χ2n) is 6.44. The number of aryl methyl sites for hydroxylation is 1. The smallest absolute Gasteiger partial charge is 0.224 e. The summed E-state index contributed by atoms with van der Waals surface area (Å²) in [6, 6.07) is 18.0. The maximum atomic E-state index is 5.19. The normalized spacial score (nSPS) is 10.4. The van der Waals surface area contributed by atoms with E-state index in [0.717, 1.165) is 41.5 Å². The van der Waals surface area contributed by atoms with Gasteiger partial charge in [-0.1, -0.05) is 24.3 Å². The van der Waals surface area contributed by atoms with Gasteiger partial charge in [-0.25, -0.2) is 4.98 Å². The van der Waals surface area contributed by atoms with Gasteiger partial charge in [0.05, 0.1) is 14.2 Å². The number of aromatic nitrogens is 2. The molecule has 0 spiro atoms. The molecule has 1 heterocycles. The van der Waals surface area contributed by atoms with E-state index in [-0.39, 0.29) is 0 Å². The van der Waals surface area contributed by atoms with Gasteiger partial charge in [0, 0.05) is 24.8 Å². The molecule has 3 aromatic rings. The van der Waals surface area contributed by atoms with E-state index in [0.29, 0.717) is 12.5 Å². The fraction of sp³-hybridized carbons (Fsp3) is 0.273. The van der Waals surface area contributed by atoms with Crippen molar-refractivity contribution in [1.82, 2.24) is 9.97 Å². The molecule has 6 heteroatoms. The topological polar surface area (TPSA) is 68.3 Å². The van der Waals surface area contributed by atoms with Gasteiger partial charge in [0.2, 0.25) is 5.95 Å². The lowest BCUT2D eigenvalue weighted by Gasteiger charge is -2.10. The van der Waals surface area contributed by atoms with Crippen LogP contribution in [0.4, 0.5) is 11.8 Å². The van der Waals surface area contributed by atoms with Crippen LogP contribution >= 0.6 is 0 Å². The first kappa shape index (κ1) is 19.5. The summed E-state index contributed by atoms with van der Waals surface area (Å²) in [7, 11) is 3.34. The molecule has 0 amide bonds. The standard InChI is InChI=1S/C22H26N4O2/c1-16-14-21(24-15-18-6-10-20(28-3)11-7-18)26-22(25-16)23-13-12-17-4-8-19(27-2)9-5-17/h4-11,14H,12-13,15H2,1-3H3,(H2,23,24,25,26). The van der Waals surface area contributed by atoms with Crippen LogP contribution in [-0.2, 0) is 13.0 Å². The number of ether oxygens (including phenoxy) is 2. The zero-order valence-electron chi connectivity index (χ0n) is 16.5. The molecule has 2 N–H and O–H groups in total. The van der Waals surface area contributed by atoms with E-state index in [2.05, 4.69) is 32.7 Å². The Balaban J connectivity index is 1.54. The molecular weight excluding hydrogens is 352 g/mol. The number of benzene rings is 2. The maximum Gasteiger partial charge on any atom is 0.224 e. The summed E-state index contributed by atoms with van der Waals surface area (Å²) in [6.45, 7) is 3.41. The Bertz CT molecular complexity index is 880. The summed E-state index contributed by atoms with van der Waals surface area (Å²) in [5.74, 6) is 3.15. The van der Waals surface area contributed by atoms with Gasteiger partial charge in [-0.15, -0.1) is 0 Å². The Morgan fingerprint density at radius 2 is 1.39 bits per heavy atom. The van der Waals surface area contributed by atoms with Crippen LogP contribution < -0.4 is 20.1 Å². The molecular formula is C22H26N4O2. The summed E-state index contributed by atoms with van der Waals surface area (Å²) in [6.07, 6.45) is 0.885. The van der Waals surface area contributed by atoms with Gasteiger partial charge in [-0.3, -0.25) is 0 Å². The fourth-order valence-electron chi connectivity index (χ4n) is 2.79. The lowest BCUT2D eigenvalue weighted by molar-refractivity contribution is 0.414. The van der Waals surface area contributed by atoms with Crippen molar-refractivity contribution in [2.24, 2.45) is 0 Å². The SMILES string of the molecule is COc1ccc(CCNc2nc(C)cc(NCc3ccc(OC)cc3)n2)cc1. The van der Waals surface area contributed by atoms with Crippen LogP contribution in [0.25, 0.3) is 0 Å². The van der Waals surface area contributed by atoms with Crippen molar-refractivity contribution in [2.45, 2.75) is 19.9 Å². The van der Waals surface area contributed by atoms with Crippen molar-refractivity contribution in [3.05, 3.63) is 71.4 Å². The highest BCUT2D eigenvalue weighted by Crippen LogP contribution is 2.15. The molecule has 2 aromatic carbocycles. The molecule has 0 radical (unpaired) electrons. The van der Waals surface area contributed by atoms with Crippen molar-refractivity contribution in [1.29, 1.82) is 0 Å². The summed E-state index contributed by atoms with van der Waals surface area (Å²) in [5, 5.41) is 6.66. The minimum Gasteiger partial charge on any atom is -0.497 e. The number of nitrogens with one attached hydrogen (secondary N) is 2. The van der Waals surface area contributed by atoms with Crippen LogP contribution in [0.5, 0.6) is 11.5 Å². The van der Waals surface area contributed by atoms with Gasteiger partial charge in [-0.05, 0) is 48.7 Å². The van der Waals surface area contributed by atoms with E-state index in [9.17, 15) is 0 Å². The lowest BCUT2D eigenvalue weighted by Crippen LogP contribution is -2.10. The van der Waals surface area contributed by atoms with Gasteiger partial charge in [0.25, 0.3) is 0 Å². The van der Waals surface area contributed by atoms with Crippen LogP contribution in [0.15, 0.2) is 54.6 Å². The summed E-state index contributed by atoms with van der Waals surface area (Å²) >= 11 is 0. The van der Waals surface area contributed by atoms with E-state index in [1.54, 1.807) is 14.2 Å². The lowest BCUT2D eigenvalue weighted by atomic mass is 10.1. The number of hydrogen-bond donors (Lipinski definition) is 2. The molecule has 0 aliphatic rings. The average molecular weight is 378 g/mol. The molecule has 0 atom stereocenters. The Labute approximate surface area is 166 Å². The van der Waals surface area contributed by atoms with Gasteiger partial charge < -0.3 is 20.1 Å². The molecule has 0 saturated heterocycles. The predicted molar refractivity (Wildman–Crippen MR) is 112 cm³/mol. The third-order valence-corrected chi connectivity index (χ3v) is 4.34. The first-order valence-corrected chi connectivity index (χ1v) is 9.25. The molecule has 3 rings (SSSR count). The molecule has 0 bridgehead atoms. The number of methoxy groups -OCH3 is 2. The largest absolute Gasteiger partial charge is 0.497 e. The van der Waals surface area contributed by atoms with Crippen molar-refractivity contribution in [3.63, 3.8) is 0 Å². The highest BCUT2D eigenvalue weighted by molar-refractivity contribution is 5.43. The molecule has 0 saturated carbocycles. The molecule has 0 aliphatic carbocycles. The Kier molecular flexibility index (Phi) is 6.68. The first-order chi connectivity index (χ1) is 13.7. The molecule has 6 nitrogen and oxygen atoms in total. The Hall–Kier alpha value is -3.28. The van der Waals surface area contributed by atoms with Gasteiger partial charge in [0.1, 0.15) is 17.3 Å². The summed E-state index contributed by atoms with van der Waals surface area (Å²) in [4.78, 5) is 9.03. The van der Waals surface area contributed by atoms with Gasteiger partial charge >= 0.3 is 0 Å². The van der Waals surface area contributed by atoms with E-state index in [1.165, 1.54) is 5.56 Å². The first-order valence-electron chi connectivity index (χ1n) is 9.25. The van der Waals surface area contributed by atoms with Crippen molar-refractivity contribution in [2.75, 3.05) is 31.4 Å². The number of hydrogen-bond acceptors (Lipinski definition) is 6. The number of anilines is 2. The van der Waals surface area contributed by atoms with Crippen LogP contribution in [-0.4, -0.2) is 30.7 Å². The van der Waals surface area contributed by atoms with Crippen LogP contribution in [0.3, 0.4) is 0 Å². The van der Waals surface area contributed by atoms with Crippen molar-refractivity contribution >= 4 is 11.8 Å². The molecule has 0 aliphatic heterocycles. The molecule has 0 fully saturated rings. The van der Waals surface area contributed by atoms with Gasteiger partial charge in [0.15, 0.2) is 0 Å². The third kappa shape index (κ3) is 5.61. The van der Waals surface area contributed by atoms with Crippen LogP contribution in [0, 0.1) is 6.92 Å². The minimum absolute atomic E-state index is 0.630. The van der Waals surface area contributed by atoms with Crippen LogP contribution in [0.2, 0.25) is 0 Å². The highest BCUT2D eigenvalue weighted by atomic mass is 16.5. The third-order valence-electron chi connectivity index (χ3n) is 4.34. The zero-order chi connectivity index (χ0) is 19.8. The quantitative estimate of drug-likeness (QED) is 0.585. The highest BCUT2D eigenvalue weighted by Gasteiger charge is 2.03. The zero-order valence-corrected chi connectivity index (χ0v) is 16.5. The van der Waals surface area contributed by atoms with Crippen molar-refractivity contribution in [3.8, 4) is 11.5 Å². The van der Waals surface area contributed by atoms with E-state index in [4.69, 9.17) is 9.47 Å². The van der Waals surface area contributed by atoms with Crippen LogP contribution in [0.1, 0.15) is 16.8 Å². The number of nitrogens with zero attached hydrogens (tertiary/aromatic N) is 2. The second-order valence-corrected chi connectivity index (χ2v) is 6.44. The second kappa shape index (κ2) is 9.60. The summed E-state index contributed by atoms with van der Waals surface area (Å²) in [5.41, 5.74) is 3.31. The minimum atomic E-state index is 0.630. The van der Waals surface area contributed by atoms with E-state index >= 15 is 0 Å². The number of rotatable bonds is 9. The Morgan fingerprint density at radius 1 is 0.786 bits per heavy atom. The van der Waals surface area contributed by atoms with Crippen molar-refractivity contribution < 1.29 is 9.47 Å².